The number of aromatic nitrogens is 3. The number of carbonyl (C=O) groups excluding carboxylic acids is 1. The van der Waals surface area contributed by atoms with Gasteiger partial charge in [-0.2, -0.15) is 0 Å². The second kappa shape index (κ2) is 10.7. The number of ether oxygens (including phenoxy) is 1. The van der Waals surface area contributed by atoms with Gasteiger partial charge in [0.15, 0.2) is 11.0 Å². The molecule has 0 fully saturated rings. The van der Waals surface area contributed by atoms with Gasteiger partial charge in [-0.15, -0.1) is 16.8 Å². The summed E-state index contributed by atoms with van der Waals surface area (Å²) < 4.78 is 8.66. The molecule has 2 aromatic carbocycles. The Morgan fingerprint density at radius 3 is 2.80 bits per heavy atom. The van der Waals surface area contributed by atoms with Gasteiger partial charge in [-0.1, -0.05) is 51.4 Å². The molecule has 156 valence electrons. The number of amides is 1. The maximum atomic E-state index is 12.4. The highest BCUT2D eigenvalue weighted by molar-refractivity contribution is 9.10. The van der Waals surface area contributed by atoms with Crippen LogP contribution in [0.15, 0.2) is 64.7 Å². The van der Waals surface area contributed by atoms with Crippen molar-refractivity contribution < 1.29 is 9.53 Å². The van der Waals surface area contributed by atoms with Crippen LogP contribution in [0.4, 0.5) is 5.69 Å². The zero-order valence-electron chi connectivity index (χ0n) is 16.3. The smallest absolute Gasteiger partial charge is 0.234 e. The highest BCUT2D eigenvalue weighted by Gasteiger charge is 2.15. The van der Waals surface area contributed by atoms with Gasteiger partial charge in [0.05, 0.1) is 5.75 Å². The van der Waals surface area contributed by atoms with Crippen LogP contribution in [0.1, 0.15) is 11.4 Å². The number of hydrogen-bond donors (Lipinski definition) is 1. The number of thioether (sulfide) groups is 1. The van der Waals surface area contributed by atoms with Gasteiger partial charge in [-0.3, -0.25) is 9.36 Å². The molecule has 1 aromatic heterocycles. The van der Waals surface area contributed by atoms with E-state index in [1.807, 2.05) is 41.8 Å². The van der Waals surface area contributed by atoms with Crippen molar-refractivity contribution in [3.63, 3.8) is 0 Å². The van der Waals surface area contributed by atoms with E-state index in [-0.39, 0.29) is 18.3 Å². The number of nitrogens with zero attached hydrogens (tertiary/aromatic N) is 3. The summed E-state index contributed by atoms with van der Waals surface area (Å²) >= 11 is 10.7. The van der Waals surface area contributed by atoms with Crippen LogP contribution in [0, 0.1) is 6.92 Å². The van der Waals surface area contributed by atoms with Crippen molar-refractivity contribution in [1.82, 2.24) is 14.8 Å². The van der Waals surface area contributed by atoms with Crippen LogP contribution in [0.5, 0.6) is 5.75 Å². The number of rotatable bonds is 9. The van der Waals surface area contributed by atoms with E-state index >= 15 is 0 Å². The first-order valence-electron chi connectivity index (χ1n) is 9.06. The summed E-state index contributed by atoms with van der Waals surface area (Å²) in [7, 11) is 0. The van der Waals surface area contributed by atoms with E-state index < -0.39 is 0 Å². The third-order valence-corrected chi connectivity index (χ3v) is 5.82. The number of nitrogens with one attached hydrogen (secondary N) is 1. The van der Waals surface area contributed by atoms with Crippen LogP contribution in [-0.2, 0) is 17.9 Å². The van der Waals surface area contributed by atoms with Crippen LogP contribution in [0.3, 0.4) is 0 Å². The zero-order valence-corrected chi connectivity index (χ0v) is 19.4. The first-order chi connectivity index (χ1) is 14.5. The molecule has 0 spiro atoms. The zero-order chi connectivity index (χ0) is 21.5. The molecule has 0 saturated carbocycles. The molecule has 0 aliphatic heterocycles. The standard InChI is InChI=1S/C21H20BrClN4O2S/c1-3-10-27-19(12-29-17-8-5-15(22)6-9-17)25-26-21(27)30-13-20(28)24-18-11-16(23)7-4-14(18)2/h3-9,11H,1,10,12-13H2,2H3,(H,24,28). The second-order valence-corrected chi connectivity index (χ2v) is 8.63. The van der Waals surface area contributed by atoms with Crippen LogP contribution in [0.2, 0.25) is 5.02 Å². The number of hydrogen-bond acceptors (Lipinski definition) is 5. The van der Waals surface area contributed by atoms with Crippen molar-refractivity contribution >= 4 is 50.9 Å². The SMILES string of the molecule is C=CCn1c(COc2ccc(Br)cc2)nnc1SCC(=O)Nc1cc(Cl)ccc1C. The van der Waals surface area contributed by atoms with E-state index in [2.05, 4.69) is 38.0 Å². The molecular weight excluding hydrogens is 488 g/mol. The average Bonchev–Trinajstić information content (AvgIpc) is 3.11. The molecule has 0 aliphatic carbocycles. The molecule has 9 heteroatoms. The quantitative estimate of drug-likeness (QED) is 0.306. The Labute approximate surface area is 192 Å². The third kappa shape index (κ3) is 6.10. The van der Waals surface area contributed by atoms with Crippen molar-refractivity contribution in [2.24, 2.45) is 0 Å². The van der Waals surface area contributed by atoms with Crippen molar-refractivity contribution in [3.8, 4) is 5.75 Å². The molecule has 3 aromatic rings. The van der Waals surface area contributed by atoms with E-state index in [0.717, 1.165) is 15.8 Å². The van der Waals surface area contributed by atoms with Crippen molar-refractivity contribution in [3.05, 3.63) is 76.0 Å². The van der Waals surface area contributed by atoms with Gasteiger partial charge in [0.1, 0.15) is 12.4 Å². The van der Waals surface area contributed by atoms with E-state index in [1.165, 1.54) is 11.8 Å². The molecule has 3 rings (SSSR count). The van der Waals surface area contributed by atoms with E-state index in [1.54, 1.807) is 18.2 Å². The fraction of sp³-hybridized carbons (Fsp3) is 0.190. The van der Waals surface area contributed by atoms with Gasteiger partial charge in [-0.25, -0.2) is 0 Å². The lowest BCUT2D eigenvalue weighted by molar-refractivity contribution is -0.113. The first kappa shape index (κ1) is 22.4. The van der Waals surface area contributed by atoms with Gasteiger partial charge in [0, 0.05) is 21.7 Å². The molecule has 30 heavy (non-hydrogen) atoms. The van der Waals surface area contributed by atoms with Gasteiger partial charge in [0.2, 0.25) is 5.91 Å². The van der Waals surface area contributed by atoms with E-state index in [9.17, 15) is 4.79 Å². The predicted octanol–water partition coefficient (Wildman–Crippen LogP) is 5.50. The Morgan fingerprint density at radius 2 is 2.07 bits per heavy atom. The van der Waals surface area contributed by atoms with Gasteiger partial charge in [-0.05, 0) is 48.9 Å². The third-order valence-electron chi connectivity index (χ3n) is 4.09. The molecule has 1 heterocycles. The minimum Gasteiger partial charge on any atom is -0.486 e. The van der Waals surface area contributed by atoms with Crippen LogP contribution >= 0.6 is 39.3 Å². The maximum Gasteiger partial charge on any atom is 0.234 e. The van der Waals surface area contributed by atoms with E-state index in [4.69, 9.17) is 16.3 Å². The lowest BCUT2D eigenvalue weighted by atomic mass is 10.2. The number of benzene rings is 2. The summed E-state index contributed by atoms with van der Waals surface area (Å²) in [6.45, 7) is 6.48. The van der Waals surface area contributed by atoms with Crippen molar-refractivity contribution in [1.29, 1.82) is 0 Å². The van der Waals surface area contributed by atoms with Crippen molar-refractivity contribution in [2.75, 3.05) is 11.1 Å². The lowest BCUT2D eigenvalue weighted by Crippen LogP contribution is -2.15. The topological polar surface area (TPSA) is 69.0 Å². The van der Waals surface area contributed by atoms with Crippen LogP contribution in [0.25, 0.3) is 0 Å². The molecule has 0 bridgehead atoms. The summed E-state index contributed by atoms with van der Waals surface area (Å²) in [4.78, 5) is 12.4. The molecule has 0 radical (unpaired) electrons. The Hall–Kier alpha value is -2.29. The summed E-state index contributed by atoms with van der Waals surface area (Å²) in [6.07, 6.45) is 1.76. The summed E-state index contributed by atoms with van der Waals surface area (Å²) in [5.74, 6) is 1.43. The lowest BCUT2D eigenvalue weighted by Gasteiger charge is -2.10. The first-order valence-corrected chi connectivity index (χ1v) is 11.2. The molecule has 0 saturated heterocycles. The Balaban J connectivity index is 1.62. The Kier molecular flexibility index (Phi) is 7.95. The van der Waals surface area contributed by atoms with Crippen LogP contribution in [-0.4, -0.2) is 26.4 Å². The highest BCUT2D eigenvalue weighted by atomic mass is 79.9. The van der Waals surface area contributed by atoms with Crippen molar-refractivity contribution in [2.45, 2.75) is 25.2 Å². The number of carbonyl (C=O) groups is 1. The molecule has 1 N–H and O–H groups in total. The molecule has 0 atom stereocenters. The van der Waals surface area contributed by atoms with Gasteiger partial charge >= 0.3 is 0 Å². The Morgan fingerprint density at radius 1 is 1.30 bits per heavy atom. The second-order valence-electron chi connectivity index (χ2n) is 6.34. The fourth-order valence-corrected chi connectivity index (χ4v) is 3.77. The fourth-order valence-electron chi connectivity index (χ4n) is 2.57. The van der Waals surface area contributed by atoms with Gasteiger partial charge < -0.3 is 10.1 Å². The predicted molar refractivity (Wildman–Crippen MR) is 124 cm³/mol. The number of halogens is 2. The molecule has 0 unspecified atom stereocenters. The molecule has 0 aliphatic rings. The molecular formula is C21H20BrClN4O2S. The number of aryl methyl sites for hydroxylation is 1. The largest absolute Gasteiger partial charge is 0.486 e. The normalized spacial score (nSPS) is 10.6. The minimum atomic E-state index is -0.147. The number of allylic oxidation sites excluding steroid dienone is 1. The summed E-state index contributed by atoms with van der Waals surface area (Å²) in [5, 5.41) is 12.5. The maximum absolute atomic E-state index is 12.4. The minimum absolute atomic E-state index is 0.147. The summed E-state index contributed by atoms with van der Waals surface area (Å²) in [5.41, 5.74) is 1.64. The molecule has 6 nitrogen and oxygen atoms in total. The van der Waals surface area contributed by atoms with Gasteiger partial charge in [0.25, 0.3) is 0 Å². The summed E-state index contributed by atoms with van der Waals surface area (Å²) in [6, 6.07) is 12.9. The van der Waals surface area contributed by atoms with Crippen LogP contribution < -0.4 is 10.1 Å². The Bertz CT molecular complexity index is 1040. The number of anilines is 1. The average molecular weight is 508 g/mol. The van der Waals surface area contributed by atoms with E-state index in [0.29, 0.717) is 28.2 Å². The monoisotopic (exact) mass is 506 g/mol. The molecule has 1 amide bonds. The highest BCUT2D eigenvalue weighted by Crippen LogP contribution is 2.23.